The summed E-state index contributed by atoms with van der Waals surface area (Å²) in [7, 11) is 0. The van der Waals surface area contributed by atoms with Crippen molar-refractivity contribution in [3.63, 3.8) is 0 Å². The summed E-state index contributed by atoms with van der Waals surface area (Å²) in [6, 6.07) is 0. The lowest BCUT2D eigenvalue weighted by Gasteiger charge is -2.17. The third kappa shape index (κ3) is 12.8. The van der Waals surface area contributed by atoms with Gasteiger partial charge in [-0.15, -0.1) is 0 Å². The largest absolute Gasteiger partial charge is 0.380 e. The maximum Gasteiger partial charge on any atom is 0.252 e. The molecular weight excluding hydrogens is 322 g/mol. The molecule has 0 heterocycles. The number of carbonyl (C=O) groups is 2. The van der Waals surface area contributed by atoms with Gasteiger partial charge in [-0.2, -0.15) is 0 Å². The van der Waals surface area contributed by atoms with E-state index in [0.29, 0.717) is 6.54 Å². The summed E-state index contributed by atoms with van der Waals surface area (Å²) in [6.07, 6.45) is 8.47. The van der Waals surface area contributed by atoms with E-state index in [2.05, 4.69) is 17.6 Å². The van der Waals surface area contributed by atoms with Gasteiger partial charge in [-0.25, -0.2) is 0 Å². The van der Waals surface area contributed by atoms with E-state index in [4.69, 9.17) is 5.73 Å². The van der Waals surface area contributed by atoms with Crippen molar-refractivity contribution in [1.82, 2.24) is 10.6 Å². The van der Waals surface area contributed by atoms with Crippen molar-refractivity contribution in [2.24, 2.45) is 5.73 Å². The van der Waals surface area contributed by atoms with Crippen molar-refractivity contribution in [3.8, 4) is 0 Å². The van der Waals surface area contributed by atoms with Crippen molar-refractivity contribution in [2.45, 2.75) is 83.3 Å². The van der Waals surface area contributed by atoms with E-state index < -0.39 is 24.0 Å². The van der Waals surface area contributed by atoms with Crippen LogP contribution in [0.3, 0.4) is 0 Å². The molecule has 25 heavy (non-hydrogen) atoms. The Bertz CT molecular complexity index is 353. The summed E-state index contributed by atoms with van der Waals surface area (Å²) in [5.74, 6) is -1.53. The summed E-state index contributed by atoms with van der Waals surface area (Å²) >= 11 is 0. The first-order valence-corrected chi connectivity index (χ1v) is 9.66. The zero-order valence-electron chi connectivity index (χ0n) is 15.6. The van der Waals surface area contributed by atoms with Gasteiger partial charge in [0.25, 0.3) is 11.8 Å². The van der Waals surface area contributed by atoms with Crippen molar-refractivity contribution in [1.29, 1.82) is 0 Å². The van der Waals surface area contributed by atoms with Crippen LogP contribution in [0.2, 0.25) is 0 Å². The second kappa shape index (κ2) is 16.3. The highest BCUT2D eigenvalue weighted by molar-refractivity contribution is 5.90. The Balaban J connectivity index is 3.61. The normalized spacial score (nSPS) is 13.3. The number of aliphatic hydroxyl groups is 2. The predicted molar refractivity (Wildman–Crippen MR) is 98.9 cm³/mol. The fourth-order valence-corrected chi connectivity index (χ4v) is 2.52. The highest BCUT2D eigenvalue weighted by Gasteiger charge is 2.29. The van der Waals surface area contributed by atoms with E-state index in [-0.39, 0.29) is 13.1 Å². The van der Waals surface area contributed by atoms with E-state index in [1.165, 1.54) is 44.9 Å². The quantitative estimate of drug-likeness (QED) is 0.261. The van der Waals surface area contributed by atoms with Crippen molar-refractivity contribution in [3.05, 3.63) is 0 Å². The monoisotopic (exact) mass is 359 g/mol. The van der Waals surface area contributed by atoms with E-state index in [1.807, 2.05) is 0 Å². The number of unbranched alkanes of at least 4 members (excludes halogenated alkanes) is 9. The minimum absolute atomic E-state index is 0.183. The molecule has 0 fully saturated rings. The molecule has 0 aliphatic heterocycles. The molecule has 0 bridgehead atoms. The average Bonchev–Trinajstić information content (AvgIpc) is 2.62. The first-order valence-electron chi connectivity index (χ1n) is 9.66. The van der Waals surface area contributed by atoms with Gasteiger partial charge in [0.05, 0.1) is 0 Å². The van der Waals surface area contributed by atoms with Gasteiger partial charge in [-0.05, 0) is 6.42 Å². The van der Waals surface area contributed by atoms with Crippen LogP contribution in [-0.2, 0) is 9.59 Å². The molecule has 0 aromatic carbocycles. The zero-order valence-corrected chi connectivity index (χ0v) is 15.6. The molecule has 0 aliphatic rings. The number of aliphatic hydroxyl groups excluding tert-OH is 2. The zero-order chi connectivity index (χ0) is 18.9. The fourth-order valence-electron chi connectivity index (χ4n) is 2.52. The summed E-state index contributed by atoms with van der Waals surface area (Å²) in [6.45, 7) is 3.06. The van der Waals surface area contributed by atoms with Crippen molar-refractivity contribution >= 4 is 11.8 Å². The SMILES string of the molecule is CCCCCCCCCCCCNC(=O)[C@H](O)[C@@H](O)C(=O)NCCN. The molecule has 0 spiro atoms. The Morgan fingerprint density at radius 3 is 1.60 bits per heavy atom. The Labute approximate surface area is 151 Å². The second-order valence-corrected chi connectivity index (χ2v) is 6.44. The highest BCUT2D eigenvalue weighted by Crippen LogP contribution is 2.10. The van der Waals surface area contributed by atoms with Crippen LogP contribution in [0.5, 0.6) is 0 Å². The lowest BCUT2D eigenvalue weighted by atomic mass is 10.1. The third-order valence-electron chi connectivity index (χ3n) is 4.11. The maximum absolute atomic E-state index is 11.7. The average molecular weight is 360 g/mol. The molecule has 0 aromatic heterocycles. The first kappa shape index (κ1) is 23.8. The summed E-state index contributed by atoms with van der Waals surface area (Å²) in [5, 5.41) is 24.1. The number of amides is 2. The number of rotatable bonds is 16. The second-order valence-electron chi connectivity index (χ2n) is 6.44. The summed E-state index contributed by atoms with van der Waals surface area (Å²) in [5.41, 5.74) is 5.23. The van der Waals surface area contributed by atoms with Crippen LogP contribution >= 0.6 is 0 Å². The standard InChI is InChI=1S/C18H37N3O4/c1-2-3-4-5-6-7-8-9-10-11-13-20-17(24)15(22)16(23)18(25)21-14-12-19/h15-16,22-23H,2-14,19H2,1H3,(H,20,24)(H,21,25)/t15-,16-/m1/s1. The number of hydrogen-bond donors (Lipinski definition) is 5. The molecular formula is C18H37N3O4. The van der Waals surface area contributed by atoms with E-state index in [0.717, 1.165) is 19.3 Å². The van der Waals surface area contributed by atoms with Gasteiger partial charge >= 0.3 is 0 Å². The molecule has 0 rings (SSSR count). The van der Waals surface area contributed by atoms with Crippen LogP contribution in [0.15, 0.2) is 0 Å². The van der Waals surface area contributed by atoms with Crippen LogP contribution < -0.4 is 16.4 Å². The van der Waals surface area contributed by atoms with Gasteiger partial charge in [0.1, 0.15) is 0 Å². The lowest BCUT2D eigenvalue weighted by Crippen LogP contribution is -2.50. The van der Waals surface area contributed by atoms with Gasteiger partial charge in [0.15, 0.2) is 12.2 Å². The molecule has 2 amide bonds. The van der Waals surface area contributed by atoms with Gasteiger partial charge < -0.3 is 26.6 Å². The molecule has 0 unspecified atom stereocenters. The lowest BCUT2D eigenvalue weighted by molar-refractivity contribution is -0.146. The molecule has 0 saturated carbocycles. The Hall–Kier alpha value is -1.18. The Morgan fingerprint density at radius 2 is 1.16 bits per heavy atom. The van der Waals surface area contributed by atoms with Crippen molar-refractivity contribution in [2.75, 3.05) is 19.6 Å². The van der Waals surface area contributed by atoms with Crippen LogP contribution in [0.4, 0.5) is 0 Å². The van der Waals surface area contributed by atoms with Crippen LogP contribution in [0, 0.1) is 0 Å². The molecule has 7 heteroatoms. The number of nitrogens with two attached hydrogens (primary N) is 1. The molecule has 0 saturated heterocycles. The molecule has 0 aliphatic carbocycles. The number of nitrogens with one attached hydrogen (secondary N) is 2. The smallest absolute Gasteiger partial charge is 0.252 e. The minimum Gasteiger partial charge on any atom is -0.380 e. The van der Waals surface area contributed by atoms with Gasteiger partial charge in [0.2, 0.25) is 0 Å². The van der Waals surface area contributed by atoms with Crippen LogP contribution in [0.1, 0.15) is 71.1 Å². The Kier molecular flexibility index (Phi) is 15.5. The third-order valence-corrected chi connectivity index (χ3v) is 4.11. The summed E-state index contributed by atoms with van der Waals surface area (Å²) in [4.78, 5) is 23.1. The molecule has 6 N–H and O–H groups in total. The van der Waals surface area contributed by atoms with Crippen LogP contribution in [-0.4, -0.2) is 53.9 Å². The molecule has 0 radical (unpaired) electrons. The number of hydrogen-bond acceptors (Lipinski definition) is 5. The predicted octanol–water partition coefficient (Wildman–Crippen LogP) is 0.820. The minimum atomic E-state index is -1.78. The van der Waals surface area contributed by atoms with Gasteiger partial charge in [-0.1, -0.05) is 64.7 Å². The van der Waals surface area contributed by atoms with Crippen LogP contribution in [0.25, 0.3) is 0 Å². The Morgan fingerprint density at radius 1 is 0.760 bits per heavy atom. The van der Waals surface area contributed by atoms with E-state index in [9.17, 15) is 19.8 Å². The summed E-state index contributed by atoms with van der Waals surface area (Å²) < 4.78 is 0. The molecule has 148 valence electrons. The molecule has 2 atom stereocenters. The topological polar surface area (TPSA) is 125 Å². The van der Waals surface area contributed by atoms with E-state index in [1.54, 1.807) is 0 Å². The van der Waals surface area contributed by atoms with Crippen molar-refractivity contribution < 1.29 is 19.8 Å². The molecule has 7 nitrogen and oxygen atoms in total. The first-order chi connectivity index (χ1) is 12.0. The highest BCUT2D eigenvalue weighted by atomic mass is 16.3. The maximum atomic E-state index is 11.7. The molecule has 0 aromatic rings. The van der Waals surface area contributed by atoms with Gasteiger partial charge in [0, 0.05) is 19.6 Å². The fraction of sp³-hybridized carbons (Fsp3) is 0.889. The number of carbonyl (C=O) groups excluding carboxylic acids is 2. The van der Waals surface area contributed by atoms with Gasteiger partial charge in [-0.3, -0.25) is 9.59 Å². The van der Waals surface area contributed by atoms with E-state index >= 15 is 0 Å².